The first-order chi connectivity index (χ1) is 16.2. The third-order valence-corrected chi connectivity index (χ3v) is 5.31. The molecule has 0 aliphatic carbocycles. The summed E-state index contributed by atoms with van der Waals surface area (Å²) in [5.41, 5.74) is 14.2. The van der Waals surface area contributed by atoms with E-state index < -0.39 is 0 Å². The Hall–Kier alpha value is -4.51. The number of hydrogen-bond acceptors (Lipinski definition) is 5. The van der Waals surface area contributed by atoms with E-state index >= 15 is 0 Å². The van der Waals surface area contributed by atoms with E-state index in [1.807, 2.05) is 60.7 Å². The number of nitrogens with two attached hydrogens (primary N) is 1. The molecule has 0 atom stereocenters. The van der Waals surface area contributed by atoms with Crippen LogP contribution in [0.5, 0.6) is 0 Å². The second kappa shape index (κ2) is 9.32. The van der Waals surface area contributed by atoms with Gasteiger partial charge >= 0.3 is 0 Å². The average molecular weight is 430 g/mol. The van der Waals surface area contributed by atoms with Gasteiger partial charge in [0.15, 0.2) is 0 Å². The van der Waals surface area contributed by atoms with Crippen molar-refractivity contribution in [3.8, 4) is 22.8 Å². The lowest BCUT2D eigenvalue weighted by Gasteiger charge is -2.12. The summed E-state index contributed by atoms with van der Waals surface area (Å²) < 4.78 is 0. The topological polar surface area (TPSA) is 76.7 Å². The molecule has 0 fully saturated rings. The van der Waals surface area contributed by atoms with Crippen LogP contribution < -0.4 is 11.1 Å². The van der Waals surface area contributed by atoms with Crippen LogP contribution in [0.2, 0.25) is 0 Å². The minimum atomic E-state index is 0.783. The number of aromatic nitrogens is 3. The van der Waals surface area contributed by atoms with E-state index in [0.29, 0.717) is 0 Å². The van der Waals surface area contributed by atoms with Crippen molar-refractivity contribution >= 4 is 17.1 Å². The largest absolute Gasteiger partial charge is 0.399 e. The minimum Gasteiger partial charge on any atom is -0.399 e. The van der Waals surface area contributed by atoms with Crippen molar-refractivity contribution < 1.29 is 0 Å². The molecular weight excluding hydrogens is 406 g/mol. The normalized spacial score (nSPS) is 10.7. The summed E-state index contributed by atoms with van der Waals surface area (Å²) in [4.78, 5) is 13.7. The second-order valence-corrected chi connectivity index (χ2v) is 7.80. The van der Waals surface area contributed by atoms with Crippen LogP contribution in [0.4, 0.5) is 17.1 Å². The highest BCUT2D eigenvalue weighted by atomic mass is 14.9. The Labute approximate surface area is 193 Å². The molecule has 5 nitrogen and oxygen atoms in total. The molecule has 2 aromatic carbocycles. The Bertz CT molecular complexity index is 1280. The number of nitrogens with zero attached hydrogens (tertiary/aromatic N) is 3. The van der Waals surface area contributed by atoms with Crippen molar-refractivity contribution in [3.63, 3.8) is 0 Å². The SMILES string of the molecule is Nc1ccc(Cc2ccc(Nc3cc(-c4ccccn4)nc(-c4ccccn4)c3)cc2)cc1. The summed E-state index contributed by atoms with van der Waals surface area (Å²) >= 11 is 0. The summed E-state index contributed by atoms with van der Waals surface area (Å²) in [7, 11) is 0. The van der Waals surface area contributed by atoms with E-state index in [4.69, 9.17) is 10.7 Å². The molecule has 5 aromatic rings. The smallest absolute Gasteiger partial charge is 0.0915 e. The van der Waals surface area contributed by atoms with Gasteiger partial charge in [-0.3, -0.25) is 9.97 Å². The molecule has 0 radical (unpaired) electrons. The molecule has 5 rings (SSSR count). The van der Waals surface area contributed by atoms with Crippen molar-refractivity contribution in [3.05, 3.63) is 121 Å². The predicted molar refractivity (Wildman–Crippen MR) is 134 cm³/mol. The van der Waals surface area contributed by atoms with Gasteiger partial charge in [-0.25, -0.2) is 4.98 Å². The van der Waals surface area contributed by atoms with Gasteiger partial charge in [0, 0.05) is 29.5 Å². The molecule has 3 aromatic heterocycles. The van der Waals surface area contributed by atoms with E-state index in [1.165, 1.54) is 11.1 Å². The van der Waals surface area contributed by atoms with Crippen LogP contribution in [0.15, 0.2) is 109 Å². The van der Waals surface area contributed by atoms with Crippen molar-refractivity contribution in [1.82, 2.24) is 15.0 Å². The molecule has 0 bridgehead atoms. The van der Waals surface area contributed by atoms with Gasteiger partial charge in [0.25, 0.3) is 0 Å². The number of rotatable bonds is 6. The lowest BCUT2D eigenvalue weighted by molar-refractivity contribution is 1.19. The Morgan fingerprint density at radius 1 is 0.576 bits per heavy atom. The summed E-state index contributed by atoms with van der Waals surface area (Å²) in [6, 6.07) is 32.1. The predicted octanol–water partition coefficient (Wildman–Crippen LogP) is 6.12. The Morgan fingerprint density at radius 3 is 1.64 bits per heavy atom. The van der Waals surface area contributed by atoms with Gasteiger partial charge in [0.1, 0.15) is 0 Å². The average Bonchev–Trinajstić information content (AvgIpc) is 2.87. The van der Waals surface area contributed by atoms with Crippen LogP contribution in [0.25, 0.3) is 22.8 Å². The highest BCUT2D eigenvalue weighted by Gasteiger charge is 2.09. The molecule has 0 spiro atoms. The van der Waals surface area contributed by atoms with Crippen LogP contribution in [0.1, 0.15) is 11.1 Å². The highest BCUT2D eigenvalue weighted by molar-refractivity contribution is 5.72. The molecule has 0 saturated heterocycles. The van der Waals surface area contributed by atoms with Crippen LogP contribution in [0, 0.1) is 0 Å². The van der Waals surface area contributed by atoms with Crippen LogP contribution >= 0.6 is 0 Å². The zero-order chi connectivity index (χ0) is 22.5. The minimum absolute atomic E-state index is 0.783. The summed E-state index contributed by atoms with van der Waals surface area (Å²) in [6.07, 6.45) is 4.41. The maximum absolute atomic E-state index is 5.79. The van der Waals surface area contributed by atoms with Gasteiger partial charge in [-0.15, -0.1) is 0 Å². The molecular formula is C28H23N5. The summed E-state index contributed by atoms with van der Waals surface area (Å²) in [6.45, 7) is 0. The van der Waals surface area contributed by atoms with E-state index in [2.05, 4.69) is 51.7 Å². The lowest BCUT2D eigenvalue weighted by Crippen LogP contribution is -1.97. The number of nitrogen functional groups attached to an aromatic ring is 1. The molecule has 3 heterocycles. The molecule has 0 unspecified atom stereocenters. The fraction of sp³-hybridized carbons (Fsp3) is 0.0357. The van der Waals surface area contributed by atoms with Crippen molar-refractivity contribution in [1.29, 1.82) is 0 Å². The number of nitrogens with one attached hydrogen (secondary N) is 1. The van der Waals surface area contributed by atoms with E-state index in [9.17, 15) is 0 Å². The molecule has 160 valence electrons. The Kier molecular flexibility index (Phi) is 5.76. The molecule has 0 amide bonds. The molecule has 0 saturated carbocycles. The first-order valence-electron chi connectivity index (χ1n) is 10.8. The van der Waals surface area contributed by atoms with E-state index in [-0.39, 0.29) is 0 Å². The molecule has 0 aliphatic rings. The number of benzene rings is 2. The quantitative estimate of drug-likeness (QED) is 0.318. The standard InChI is InChI=1S/C28H23N5/c29-22-11-7-20(8-12-22)17-21-9-13-23(14-10-21)32-24-18-27(25-5-1-3-15-30-25)33-28(19-24)26-6-2-4-16-31-26/h1-16,18-19H,17,29H2,(H,32,33). The van der Waals surface area contributed by atoms with E-state index in [1.54, 1.807) is 12.4 Å². The maximum Gasteiger partial charge on any atom is 0.0915 e. The number of anilines is 3. The summed E-state index contributed by atoms with van der Waals surface area (Å²) in [5, 5.41) is 3.51. The van der Waals surface area contributed by atoms with Crippen LogP contribution in [-0.4, -0.2) is 15.0 Å². The van der Waals surface area contributed by atoms with Gasteiger partial charge in [-0.2, -0.15) is 0 Å². The van der Waals surface area contributed by atoms with Crippen LogP contribution in [-0.2, 0) is 6.42 Å². The number of hydrogen-bond donors (Lipinski definition) is 2. The maximum atomic E-state index is 5.79. The zero-order valence-electron chi connectivity index (χ0n) is 18.0. The zero-order valence-corrected chi connectivity index (χ0v) is 18.0. The van der Waals surface area contributed by atoms with Gasteiger partial charge in [0.2, 0.25) is 0 Å². The lowest BCUT2D eigenvalue weighted by atomic mass is 10.0. The van der Waals surface area contributed by atoms with Gasteiger partial charge in [-0.05, 0) is 78.2 Å². The molecule has 3 N–H and O–H groups in total. The highest BCUT2D eigenvalue weighted by Crippen LogP contribution is 2.27. The summed E-state index contributed by atoms with van der Waals surface area (Å²) in [5.74, 6) is 0. The molecule has 5 heteroatoms. The molecule has 33 heavy (non-hydrogen) atoms. The van der Waals surface area contributed by atoms with Crippen molar-refractivity contribution in [2.45, 2.75) is 6.42 Å². The van der Waals surface area contributed by atoms with Gasteiger partial charge < -0.3 is 11.1 Å². The van der Waals surface area contributed by atoms with Gasteiger partial charge in [0.05, 0.1) is 22.8 Å². The fourth-order valence-corrected chi connectivity index (χ4v) is 3.64. The second-order valence-electron chi connectivity index (χ2n) is 7.80. The first kappa shape index (κ1) is 20.4. The first-order valence-corrected chi connectivity index (χ1v) is 10.8. The van der Waals surface area contributed by atoms with Crippen molar-refractivity contribution in [2.75, 3.05) is 11.1 Å². The third-order valence-electron chi connectivity index (χ3n) is 5.31. The third kappa shape index (κ3) is 5.05. The van der Waals surface area contributed by atoms with E-state index in [0.717, 1.165) is 46.3 Å². The number of pyridine rings is 3. The molecule has 0 aliphatic heterocycles. The fourth-order valence-electron chi connectivity index (χ4n) is 3.64. The monoisotopic (exact) mass is 429 g/mol. The Balaban J connectivity index is 1.42. The van der Waals surface area contributed by atoms with Crippen molar-refractivity contribution in [2.24, 2.45) is 0 Å². The van der Waals surface area contributed by atoms with Crippen LogP contribution in [0.3, 0.4) is 0 Å². The van der Waals surface area contributed by atoms with Gasteiger partial charge in [-0.1, -0.05) is 36.4 Å². The Morgan fingerprint density at radius 2 is 1.12 bits per heavy atom.